The lowest BCUT2D eigenvalue weighted by Gasteiger charge is -2.25. The van der Waals surface area contributed by atoms with Gasteiger partial charge in [0, 0.05) is 25.2 Å². The maximum Gasteiger partial charge on any atom is 0.322 e. The molecule has 0 unspecified atom stereocenters. The van der Waals surface area contributed by atoms with Crippen LogP contribution >= 0.6 is 0 Å². The molecule has 158 valence electrons. The predicted octanol–water partition coefficient (Wildman–Crippen LogP) is 4.96. The van der Waals surface area contributed by atoms with E-state index in [1.54, 1.807) is 23.1 Å². The third-order valence-electron chi connectivity index (χ3n) is 4.87. The first-order chi connectivity index (χ1) is 15.0. The molecule has 0 atom stereocenters. The number of carbonyl (C=O) groups excluding carboxylic acids is 1. The van der Waals surface area contributed by atoms with Gasteiger partial charge >= 0.3 is 6.03 Å². The number of nitriles is 1. The first kappa shape index (κ1) is 22.0. The molecule has 0 radical (unpaired) electrons. The van der Waals surface area contributed by atoms with Gasteiger partial charge in [-0.15, -0.1) is 0 Å². The molecular formula is C25H25FN4O. The van der Waals surface area contributed by atoms with E-state index in [9.17, 15) is 14.4 Å². The van der Waals surface area contributed by atoms with E-state index in [4.69, 9.17) is 0 Å². The minimum Gasteiger partial charge on any atom is -0.319 e. The van der Waals surface area contributed by atoms with Crippen molar-refractivity contribution >= 4 is 11.7 Å². The largest absolute Gasteiger partial charge is 0.322 e. The number of carbonyl (C=O) groups is 1. The van der Waals surface area contributed by atoms with Gasteiger partial charge in [-0.2, -0.15) is 5.26 Å². The molecule has 0 aliphatic heterocycles. The summed E-state index contributed by atoms with van der Waals surface area (Å²) in [5.74, 6) is -0.340. The summed E-state index contributed by atoms with van der Waals surface area (Å²) in [6.45, 7) is 1.37. The predicted molar refractivity (Wildman–Crippen MR) is 121 cm³/mol. The first-order valence-corrected chi connectivity index (χ1v) is 10.0. The molecule has 0 bridgehead atoms. The Balaban J connectivity index is 1.86. The summed E-state index contributed by atoms with van der Waals surface area (Å²) in [5.41, 5.74) is 3.21. The van der Waals surface area contributed by atoms with Crippen molar-refractivity contribution in [3.8, 4) is 17.2 Å². The van der Waals surface area contributed by atoms with Gasteiger partial charge in [0.1, 0.15) is 11.9 Å². The maximum absolute atomic E-state index is 13.6. The molecule has 31 heavy (non-hydrogen) atoms. The molecule has 1 N–H and O–H groups in total. The Hall–Kier alpha value is -3.69. The minimum atomic E-state index is -0.340. The number of anilines is 1. The Kier molecular flexibility index (Phi) is 7.36. The van der Waals surface area contributed by atoms with E-state index in [0.29, 0.717) is 29.9 Å². The zero-order chi connectivity index (χ0) is 22.2. The van der Waals surface area contributed by atoms with Crippen LogP contribution in [-0.2, 0) is 6.54 Å². The van der Waals surface area contributed by atoms with Gasteiger partial charge in [0.25, 0.3) is 0 Å². The van der Waals surface area contributed by atoms with Crippen LogP contribution in [0.4, 0.5) is 14.9 Å². The van der Waals surface area contributed by atoms with Crippen LogP contribution in [0.15, 0.2) is 72.8 Å². The van der Waals surface area contributed by atoms with Crippen LogP contribution in [0.5, 0.6) is 0 Å². The fraction of sp³-hybridized carbons (Fsp3) is 0.200. The van der Waals surface area contributed by atoms with Gasteiger partial charge in [-0.3, -0.25) is 0 Å². The molecule has 2 amide bonds. The highest BCUT2D eigenvalue weighted by atomic mass is 19.1. The van der Waals surface area contributed by atoms with E-state index < -0.39 is 0 Å². The maximum atomic E-state index is 13.6. The summed E-state index contributed by atoms with van der Waals surface area (Å²) in [6, 6.07) is 23.1. The number of amides is 2. The van der Waals surface area contributed by atoms with Gasteiger partial charge in [-0.05, 0) is 43.4 Å². The minimum absolute atomic E-state index is 0.262. The zero-order valence-corrected chi connectivity index (χ0v) is 17.7. The lowest BCUT2D eigenvalue weighted by Crippen LogP contribution is -2.39. The molecule has 0 aliphatic rings. The van der Waals surface area contributed by atoms with Crippen molar-refractivity contribution in [2.75, 3.05) is 32.5 Å². The fourth-order valence-corrected chi connectivity index (χ4v) is 3.26. The van der Waals surface area contributed by atoms with Crippen molar-refractivity contribution < 1.29 is 9.18 Å². The number of halogens is 1. The fourth-order valence-electron chi connectivity index (χ4n) is 3.26. The monoisotopic (exact) mass is 416 g/mol. The number of nitrogens with zero attached hydrogens (tertiary/aromatic N) is 3. The van der Waals surface area contributed by atoms with Gasteiger partial charge in [0.05, 0.1) is 11.3 Å². The molecule has 0 aromatic heterocycles. The van der Waals surface area contributed by atoms with E-state index in [0.717, 1.165) is 11.1 Å². The van der Waals surface area contributed by atoms with Crippen molar-refractivity contribution in [1.82, 2.24) is 9.80 Å². The van der Waals surface area contributed by atoms with Crippen LogP contribution in [0.1, 0.15) is 11.1 Å². The second-order valence-corrected chi connectivity index (χ2v) is 7.49. The summed E-state index contributed by atoms with van der Waals surface area (Å²) in [4.78, 5) is 16.7. The third kappa shape index (κ3) is 5.91. The standard InChI is InChI=1S/C25H25FN4O/c1-29(2)14-15-30(18-19-8-6-11-21(26)16-19)25(31)28-24-13-7-12-22(23(24)17-27)20-9-4-3-5-10-20/h3-13,16H,14-15,18H2,1-2H3,(H,28,31). The number of urea groups is 1. The van der Waals surface area contributed by atoms with Crippen molar-refractivity contribution in [3.05, 3.63) is 89.7 Å². The molecule has 0 spiro atoms. The van der Waals surface area contributed by atoms with Crippen molar-refractivity contribution in [3.63, 3.8) is 0 Å². The smallest absolute Gasteiger partial charge is 0.319 e. The summed E-state index contributed by atoms with van der Waals surface area (Å²) >= 11 is 0. The zero-order valence-electron chi connectivity index (χ0n) is 17.7. The van der Waals surface area contributed by atoms with E-state index in [1.807, 2.05) is 61.5 Å². The number of rotatable bonds is 7. The summed E-state index contributed by atoms with van der Waals surface area (Å²) in [5, 5.41) is 12.7. The van der Waals surface area contributed by atoms with E-state index in [-0.39, 0.29) is 18.4 Å². The van der Waals surface area contributed by atoms with E-state index in [2.05, 4.69) is 11.4 Å². The van der Waals surface area contributed by atoms with Crippen LogP contribution < -0.4 is 5.32 Å². The SMILES string of the molecule is CN(C)CCN(Cc1cccc(F)c1)C(=O)Nc1cccc(-c2ccccc2)c1C#N. The van der Waals surface area contributed by atoms with Crippen molar-refractivity contribution in [1.29, 1.82) is 5.26 Å². The Morgan fingerprint density at radius 3 is 2.42 bits per heavy atom. The molecule has 0 aliphatic carbocycles. The highest BCUT2D eigenvalue weighted by molar-refractivity contribution is 5.93. The Morgan fingerprint density at radius 2 is 1.74 bits per heavy atom. The van der Waals surface area contributed by atoms with Crippen molar-refractivity contribution in [2.45, 2.75) is 6.54 Å². The number of nitrogens with one attached hydrogen (secondary N) is 1. The Bertz CT molecular complexity index is 1080. The van der Waals surface area contributed by atoms with Crippen LogP contribution in [0.25, 0.3) is 11.1 Å². The summed E-state index contributed by atoms with van der Waals surface area (Å²) < 4.78 is 13.6. The quantitative estimate of drug-likeness (QED) is 0.592. The molecule has 0 fully saturated rings. The van der Waals surface area contributed by atoms with E-state index in [1.165, 1.54) is 12.1 Å². The number of likely N-dealkylation sites (N-methyl/N-ethyl adjacent to an activating group) is 1. The summed E-state index contributed by atoms with van der Waals surface area (Å²) in [7, 11) is 3.85. The van der Waals surface area contributed by atoms with Gasteiger partial charge in [-0.1, -0.05) is 54.6 Å². The number of benzene rings is 3. The van der Waals surface area contributed by atoms with Gasteiger partial charge in [-0.25, -0.2) is 9.18 Å². The highest BCUT2D eigenvalue weighted by Gasteiger charge is 2.18. The molecule has 5 nitrogen and oxygen atoms in total. The van der Waals surface area contributed by atoms with Crippen LogP contribution in [0.2, 0.25) is 0 Å². The molecular weight excluding hydrogens is 391 g/mol. The topological polar surface area (TPSA) is 59.4 Å². The lowest BCUT2D eigenvalue weighted by atomic mass is 9.99. The molecule has 0 saturated carbocycles. The Morgan fingerprint density at radius 1 is 1.00 bits per heavy atom. The van der Waals surface area contributed by atoms with Gasteiger partial charge < -0.3 is 15.1 Å². The average molecular weight is 417 g/mol. The van der Waals surface area contributed by atoms with Crippen LogP contribution in [0, 0.1) is 17.1 Å². The Labute approximate surface area is 182 Å². The second kappa shape index (κ2) is 10.4. The molecule has 3 aromatic carbocycles. The number of hydrogen-bond acceptors (Lipinski definition) is 3. The average Bonchev–Trinajstić information content (AvgIpc) is 2.77. The molecule has 0 heterocycles. The van der Waals surface area contributed by atoms with Gasteiger partial charge in [0.2, 0.25) is 0 Å². The van der Waals surface area contributed by atoms with Crippen molar-refractivity contribution in [2.24, 2.45) is 0 Å². The van der Waals surface area contributed by atoms with Crippen LogP contribution in [0.3, 0.4) is 0 Å². The number of hydrogen-bond donors (Lipinski definition) is 1. The van der Waals surface area contributed by atoms with Crippen LogP contribution in [-0.4, -0.2) is 43.0 Å². The molecule has 6 heteroatoms. The molecule has 0 saturated heterocycles. The molecule has 3 aromatic rings. The normalized spacial score (nSPS) is 10.5. The van der Waals surface area contributed by atoms with Gasteiger partial charge in [0.15, 0.2) is 0 Å². The second-order valence-electron chi connectivity index (χ2n) is 7.49. The highest BCUT2D eigenvalue weighted by Crippen LogP contribution is 2.28. The lowest BCUT2D eigenvalue weighted by molar-refractivity contribution is 0.202. The molecule has 3 rings (SSSR count). The third-order valence-corrected chi connectivity index (χ3v) is 4.87. The van der Waals surface area contributed by atoms with E-state index >= 15 is 0 Å². The first-order valence-electron chi connectivity index (χ1n) is 10.0. The summed E-state index contributed by atoms with van der Waals surface area (Å²) in [6.07, 6.45) is 0.